The summed E-state index contributed by atoms with van der Waals surface area (Å²) in [6.07, 6.45) is 1.57. The van der Waals surface area contributed by atoms with Gasteiger partial charge in [-0.05, 0) is 12.1 Å². The van der Waals surface area contributed by atoms with Crippen molar-refractivity contribution in [3.63, 3.8) is 0 Å². The molecule has 5 nitrogen and oxygen atoms in total. The molecule has 1 amide bonds. The number of aromatic carboxylic acids is 1. The molecule has 0 fully saturated rings. The van der Waals surface area contributed by atoms with Crippen LogP contribution < -0.4 is 5.32 Å². The van der Waals surface area contributed by atoms with Crippen LogP contribution in [0.5, 0.6) is 0 Å². The van der Waals surface area contributed by atoms with Crippen LogP contribution in [-0.4, -0.2) is 22.0 Å². The number of carbonyl (C=O) groups excluding carboxylic acids is 1. The number of hydrogen-bond donors (Lipinski definition) is 2. The lowest BCUT2D eigenvalue weighted by Crippen LogP contribution is -2.24. The van der Waals surface area contributed by atoms with Crippen molar-refractivity contribution in [2.75, 3.05) is 0 Å². The summed E-state index contributed by atoms with van der Waals surface area (Å²) in [4.78, 5) is 27.6. The van der Waals surface area contributed by atoms with Gasteiger partial charge in [0.05, 0.1) is 17.7 Å². The van der Waals surface area contributed by atoms with Gasteiger partial charge in [-0.1, -0.05) is 23.7 Å². The molecule has 98 valence electrons. The summed E-state index contributed by atoms with van der Waals surface area (Å²) in [6, 6.07) is 6.05. The van der Waals surface area contributed by atoms with Crippen molar-refractivity contribution in [3.05, 3.63) is 50.9 Å². The van der Waals surface area contributed by atoms with Gasteiger partial charge in [0, 0.05) is 11.1 Å². The number of rotatable bonds is 4. The zero-order chi connectivity index (χ0) is 13.8. The predicted molar refractivity (Wildman–Crippen MR) is 71.7 cm³/mol. The van der Waals surface area contributed by atoms with Crippen molar-refractivity contribution >= 4 is 34.8 Å². The van der Waals surface area contributed by atoms with E-state index in [1.807, 2.05) is 0 Å². The van der Waals surface area contributed by atoms with E-state index < -0.39 is 11.9 Å². The Morgan fingerprint density at radius 1 is 1.32 bits per heavy atom. The molecular weight excluding hydrogens is 288 g/mol. The lowest BCUT2D eigenvalue weighted by molar-refractivity contribution is 0.0691. The fourth-order valence-corrected chi connectivity index (χ4v) is 2.41. The van der Waals surface area contributed by atoms with Crippen LogP contribution in [0.2, 0.25) is 4.47 Å². The molecule has 0 radical (unpaired) electrons. The third-order valence-electron chi connectivity index (χ3n) is 2.35. The van der Waals surface area contributed by atoms with Gasteiger partial charge < -0.3 is 10.4 Å². The standard InChI is InChI=1S/C12H9ClN2O3S/c13-12-15-6-7(19-12)5-14-10(16)8-3-1-2-4-9(8)11(17)18/h1-4,6H,5H2,(H,14,16)(H,17,18). The normalized spacial score (nSPS) is 10.2. The van der Waals surface area contributed by atoms with E-state index >= 15 is 0 Å². The van der Waals surface area contributed by atoms with Crippen molar-refractivity contribution in [1.29, 1.82) is 0 Å². The lowest BCUT2D eigenvalue weighted by Gasteiger charge is -2.06. The molecule has 0 aliphatic rings. The summed E-state index contributed by atoms with van der Waals surface area (Å²) < 4.78 is 0.398. The molecule has 0 bridgehead atoms. The fraction of sp³-hybridized carbons (Fsp3) is 0.0833. The number of amides is 1. The van der Waals surface area contributed by atoms with Crippen molar-refractivity contribution in [1.82, 2.24) is 10.3 Å². The molecule has 0 unspecified atom stereocenters. The lowest BCUT2D eigenvalue weighted by atomic mass is 10.1. The number of carbonyl (C=O) groups is 2. The van der Waals surface area contributed by atoms with E-state index in [4.69, 9.17) is 16.7 Å². The first-order valence-corrected chi connectivity index (χ1v) is 6.48. The molecule has 0 aliphatic heterocycles. The number of carboxylic acid groups (broad SMARTS) is 1. The highest BCUT2D eigenvalue weighted by atomic mass is 35.5. The maximum absolute atomic E-state index is 11.9. The van der Waals surface area contributed by atoms with E-state index in [0.29, 0.717) is 4.47 Å². The number of carboxylic acids is 1. The Morgan fingerprint density at radius 2 is 2.00 bits per heavy atom. The zero-order valence-corrected chi connectivity index (χ0v) is 11.2. The molecule has 0 saturated heterocycles. The van der Waals surface area contributed by atoms with Crippen LogP contribution in [0.4, 0.5) is 0 Å². The van der Waals surface area contributed by atoms with E-state index in [1.54, 1.807) is 18.3 Å². The van der Waals surface area contributed by atoms with Gasteiger partial charge in [0.15, 0.2) is 4.47 Å². The van der Waals surface area contributed by atoms with Gasteiger partial charge >= 0.3 is 5.97 Å². The quantitative estimate of drug-likeness (QED) is 0.908. The van der Waals surface area contributed by atoms with E-state index in [9.17, 15) is 9.59 Å². The van der Waals surface area contributed by atoms with Crippen molar-refractivity contribution in [3.8, 4) is 0 Å². The van der Waals surface area contributed by atoms with Crippen molar-refractivity contribution < 1.29 is 14.7 Å². The zero-order valence-electron chi connectivity index (χ0n) is 9.59. The molecule has 0 spiro atoms. The average molecular weight is 297 g/mol. The van der Waals surface area contributed by atoms with E-state index in [1.165, 1.54) is 23.5 Å². The van der Waals surface area contributed by atoms with Crippen LogP contribution >= 0.6 is 22.9 Å². The first-order chi connectivity index (χ1) is 9.08. The second kappa shape index (κ2) is 5.81. The number of hydrogen-bond acceptors (Lipinski definition) is 4. The molecule has 7 heteroatoms. The van der Waals surface area contributed by atoms with Gasteiger partial charge in [-0.3, -0.25) is 4.79 Å². The molecule has 2 rings (SSSR count). The average Bonchev–Trinajstić information content (AvgIpc) is 2.81. The number of aromatic nitrogens is 1. The largest absolute Gasteiger partial charge is 0.478 e. The number of nitrogens with one attached hydrogen (secondary N) is 1. The molecular formula is C12H9ClN2O3S. The monoisotopic (exact) mass is 296 g/mol. The molecule has 1 aromatic carbocycles. The molecule has 2 N–H and O–H groups in total. The summed E-state index contributed by atoms with van der Waals surface area (Å²) in [5, 5.41) is 11.6. The third-order valence-corrected chi connectivity index (χ3v) is 3.47. The number of nitrogens with zero attached hydrogens (tertiary/aromatic N) is 1. The van der Waals surface area contributed by atoms with Gasteiger partial charge in [-0.25, -0.2) is 9.78 Å². The highest BCUT2D eigenvalue weighted by Gasteiger charge is 2.15. The Morgan fingerprint density at radius 3 is 2.58 bits per heavy atom. The van der Waals surface area contributed by atoms with Gasteiger partial charge in [0.25, 0.3) is 5.91 Å². The number of thiazole rings is 1. The van der Waals surface area contributed by atoms with Crippen LogP contribution in [0.25, 0.3) is 0 Å². The van der Waals surface area contributed by atoms with Crippen molar-refractivity contribution in [2.45, 2.75) is 6.54 Å². The molecule has 1 aromatic heterocycles. The first kappa shape index (κ1) is 13.5. The highest BCUT2D eigenvalue weighted by molar-refractivity contribution is 7.15. The van der Waals surface area contributed by atoms with Crippen LogP contribution in [0, 0.1) is 0 Å². The van der Waals surface area contributed by atoms with Gasteiger partial charge in [-0.2, -0.15) is 0 Å². The van der Waals surface area contributed by atoms with Gasteiger partial charge in [-0.15, -0.1) is 11.3 Å². The molecule has 0 saturated carbocycles. The second-order valence-electron chi connectivity index (χ2n) is 3.61. The predicted octanol–water partition coefficient (Wildman–Crippen LogP) is 2.42. The third kappa shape index (κ3) is 3.30. The van der Waals surface area contributed by atoms with Crippen molar-refractivity contribution in [2.24, 2.45) is 0 Å². The first-order valence-electron chi connectivity index (χ1n) is 5.28. The highest BCUT2D eigenvalue weighted by Crippen LogP contribution is 2.17. The van der Waals surface area contributed by atoms with E-state index in [0.717, 1.165) is 4.88 Å². The Bertz CT molecular complexity index is 627. The van der Waals surface area contributed by atoms with Crippen LogP contribution in [0.15, 0.2) is 30.5 Å². The van der Waals surface area contributed by atoms with Gasteiger partial charge in [0.1, 0.15) is 0 Å². The van der Waals surface area contributed by atoms with Crippen LogP contribution in [0.3, 0.4) is 0 Å². The Kier molecular flexibility index (Phi) is 4.13. The minimum atomic E-state index is -1.13. The van der Waals surface area contributed by atoms with E-state index in [-0.39, 0.29) is 17.7 Å². The smallest absolute Gasteiger partial charge is 0.336 e. The maximum atomic E-state index is 11.9. The summed E-state index contributed by atoms with van der Waals surface area (Å²) in [5.74, 6) is -1.57. The SMILES string of the molecule is O=C(O)c1ccccc1C(=O)NCc1cnc(Cl)s1. The Hall–Kier alpha value is -1.92. The minimum Gasteiger partial charge on any atom is -0.478 e. The summed E-state index contributed by atoms with van der Waals surface area (Å²) in [5.41, 5.74) is 0.105. The summed E-state index contributed by atoms with van der Waals surface area (Å²) >= 11 is 6.94. The maximum Gasteiger partial charge on any atom is 0.336 e. The fourth-order valence-electron chi connectivity index (χ4n) is 1.50. The van der Waals surface area contributed by atoms with Gasteiger partial charge in [0.2, 0.25) is 0 Å². The molecule has 0 atom stereocenters. The molecule has 1 heterocycles. The number of halogens is 1. The van der Waals surface area contributed by atoms with Crippen LogP contribution in [0.1, 0.15) is 25.6 Å². The molecule has 19 heavy (non-hydrogen) atoms. The molecule has 0 aliphatic carbocycles. The summed E-state index contributed by atoms with van der Waals surface area (Å²) in [6.45, 7) is 0.261. The topological polar surface area (TPSA) is 79.3 Å². The summed E-state index contributed by atoms with van der Waals surface area (Å²) in [7, 11) is 0. The minimum absolute atomic E-state index is 0.0256. The second-order valence-corrected chi connectivity index (χ2v) is 5.31. The Balaban J connectivity index is 2.10. The number of benzene rings is 1. The Labute approximate surface area is 117 Å². The van der Waals surface area contributed by atoms with E-state index in [2.05, 4.69) is 10.3 Å². The molecule has 2 aromatic rings. The van der Waals surface area contributed by atoms with Crippen LogP contribution in [-0.2, 0) is 6.54 Å².